The van der Waals surface area contributed by atoms with Gasteiger partial charge < -0.3 is 10.3 Å². The Kier molecular flexibility index (Phi) is 4.40. The summed E-state index contributed by atoms with van der Waals surface area (Å²) < 4.78 is 0. The van der Waals surface area contributed by atoms with Crippen molar-refractivity contribution in [2.24, 2.45) is 0 Å². The van der Waals surface area contributed by atoms with Crippen molar-refractivity contribution in [1.82, 2.24) is 4.98 Å². The van der Waals surface area contributed by atoms with Gasteiger partial charge in [-0.15, -0.1) is 0 Å². The summed E-state index contributed by atoms with van der Waals surface area (Å²) in [7, 11) is 0. The minimum atomic E-state index is -0.644. The number of carbonyl (C=O) groups is 2. The normalized spacial score (nSPS) is 10.8. The number of hydrogen-bond donors (Lipinski definition) is 2. The molecule has 0 aliphatic heterocycles. The summed E-state index contributed by atoms with van der Waals surface area (Å²) >= 11 is 5.94. The predicted molar refractivity (Wildman–Crippen MR) is 96.8 cm³/mol. The number of hydrogen-bond acceptors (Lipinski definition) is 2. The van der Waals surface area contributed by atoms with E-state index in [1.807, 2.05) is 32.0 Å². The Hall–Kier alpha value is -2.59. The van der Waals surface area contributed by atoms with Crippen LogP contribution in [0, 0.1) is 6.92 Å². The molecule has 1 aromatic heterocycles. The van der Waals surface area contributed by atoms with E-state index < -0.39 is 11.7 Å². The molecule has 0 spiro atoms. The number of aryl methyl sites for hydroxylation is 2. The molecule has 0 aliphatic rings. The van der Waals surface area contributed by atoms with E-state index in [2.05, 4.69) is 10.3 Å². The second-order valence-electron chi connectivity index (χ2n) is 5.64. The lowest BCUT2D eigenvalue weighted by atomic mass is 10.0. The van der Waals surface area contributed by atoms with Gasteiger partial charge in [-0.25, -0.2) is 0 Å². The van der Waals surface area contributed by atoms with Gasteiger partial charge in [-0.2, -0.15) is 0 Å². The van der Waals surface area contributed by atoms with Crippen LogP contribution in [-0.4, -0.2) is 16.7 Å². The van der Waals surface area contributed by atoms with Crippen molar-refractivity contribution in [2.45, 2.75) is 20.3 Å². The molecule has 1 amide bonds. The Balaban J connectivity index is 1.91. The summed E-state index contributed by atoms with van der Waals surface area (Å²) in [6, 6.07) is 11.0. The highest BCUT2D eigenvalue weighted by Crippen LogP contribution is 2.24. The quantitative estimate of drug-likeness (QED) is 0.542. The van der Waals surface area contributed by atoms with E-state index in [1.54, 1.807) is 24.4 Å². The maximum absolute atomic E-state index is 12.6. The van der Waals surface area contributed by atoms with Gasteiger partial charge in [-0.05, 0) is 36.6 Å². The van der Waals surface area contributed by atoms with E-state index in [9.17, 15) is 9.59 Å². The molecule has 2 N–H and O–H groups in total. The molecular weight excluding hydrogens is 324 g/mol. The summed E-state index contributed by atoms with van der Waals surface area (Å²) in [6.45, 7) is 3.92. The average molecular weight is 341 g/mol. The third-order valence-corrected chi connectivity index (χ3v) is 4.31. The first-order valence-corrected chi connectivity index (χ1v) is 8.10. The molecule has 3 rings (SSSR count). The van der Waals surface area contributed by atoms with Crippen LogP contribution < -0.4 is 5.32 Å². The van der Waals surface area contributed by atoms with Crippen LogP contribution in [-0.2, 0) is 11.2 Å². The van der Waals surface area contributed by atoms with Crippen LogP contribution in [0.4, 0.5) is 5.69 Å². The van der Waals surface area contributed by atoms with Crippen molar-refractivity contribution in [3.63, 3.8) is 0 Å². The van der Waals surface area contributed by atoms with E-state index in [1.165, 1.54) is 0 Å². The molecule has 0 bridgehead atoms. The fourth-order valence-electron chi connectivity index (χ4n) is 2.78. The number of ketones is 1. The first kappa shape index (κ1) is 16.3. The zero-order valence-electron chi connectivity index (χ0n) is 13.4. The average Bonchev–Trinajstić information content (AvgIpc) is 2.98. The maximum atomic E-state index is 12.6. The van der Waals surface area contributed by atoms with Crippen LogP contribution in [0.25, 0.3) is 10.9 Å². The second kappa shape index (κ2) is 6.49. The number of anilines is 1. The van der Waals surface area contributed by atoms with Crippen molar-refractivity contribution in [1.29, 1.82) is 0 Å². The number of fused-ring (bicyclic) bond motifs is 1. The minimum Gasteiger partial charge on any atom is -0.360 e. The number of para-hydroxylation sites is 1. The molecule has 0 aliphatic carbocycles. The van der Waals surface area contributed by atoms with E-state index in [-0.39, 0.29) is 0 Å². The molecule has 2 aromatic carbocycles. The lowest BCUT2D eigenvalue weighted by Gasteiger charge is -2.12. The van der Waals surface area contributed by atoms with Crippen molar-refractivity contribution in [3.05, 3.63) is 64.3 Å². The van der Waals surface area contributed by atoms with Gasteiger partial charge in [0.2, 0.25) is 0 Å². The van der Waals surface area contributed by atoms with Crippen LogP contribution in [0.3, 0.4) is 0 Å². The number of aromatic nitrogens is 1. The highest BCUT2D eigenvalue weighted by molar-refractivity contribution is 6.48. The number of H-pyrrole nitrogens is 1. The zero-order valence-corrected chi connectivity index (χ0v) is 14.2. The van der Waals surface area contributed by atoms with E-state index in [0.29, 0.717) is 21.7 Å². The number of halogens is 1. The highest BCUT2D eigenvalue weighted by Gasteiger charge is 2.21. The minimum absolute atomic E-state index is 0.339. The molecule has 122 valence electrons. The van der Waals surface area contributed by atoms with Crippen molar-refractivity contribution >= 4 is 39.9 Å². The molecule has 0 fully saturated rings. The first-order valence-electron chi connectivity index (χ1n) is 7.72. The molecule has 4 nitrogen and oxygen atoms in total. The Morgan fingerprint density at radius 3 is 2.75 bits per heavy atom. The summed E-state index contributed by atoms with van der Waals surface area (Å²) in [5.74, 6) is -1.22. The van der Waals surface area contributed by atoms with Crippen LogP contribution >= 0.6 is 11.6 Å². The molecule has 0 unspecified atom stereocenters. The van der Waals surface area contributed by atoms with Crippen molar-refractivity contribution in [2.75, 3.05) is 5.32 Å². The van der Waals surface area contributed by atoms with Gasteiger partial charge in [0.1, 0.15) is 0 Å². The first-order chi connectivity index (χ1) is 11.5. The van der Waals surface area contributed by atoms with E-state index in [4.69, 9.17) is 11.6 Å². The largest absolute Gasteiger partial charge is 0.360 e. The van der Waals surface area contributed by atoms with Crippen LogP contribution in [0.1, 0.15) is 28.4 Å². The van der Waals surface area contributed by atoms with Gasteiger partial charge in [0.05, 0.1) is 5.56 Å². The summed E-state index contributed by atoms with van der Waals surface area (Å²) in [5, 5.41) is 4.02. The van der Waals surface area contributed by atoms with Gasteiger partial charge in [0.25, 0.3) is 11.7 Å². The number of Topliss-reactive ketones (excluding diaryl/α,β-unsaturated/α-hetero) is 1. The Morgan fingerprint density at radius 2 is 2.00 bits per heavy atom. The molecule has 0 radical (unpaired) electrons. The van der Waals surface area contributed by atoms with Gasteiger partial charge in [0.15, 0.2) is 0 Å². The lowest BCUT2D eigenvalue weighted by Crippen LogP contribution is -2.23. The van der Waals surface area contributed by atoms with Crippen molar-refractivity contribution < 1.29 is 9.59 Å². The smallest absolute Gasteiger partial charge is 0.296 e. The monoisotopic (exact) mass is 340 g/mol. The lowest BCUT2D eigenvalue weighted by molar-refractivity contribution is -0.112. The maximum Gasteiger partial charge on any atom is 0.296 e. The van der Waals surface area contributed by atoms with Gasteiger partial charge in [0, 0.05) is 27.8 Å². The third-order valence-electron chi connectivity index (χ3n) is 4.07. The zero-order chi connectivity index (χ0) is 17.3. The van der Waals surface area contributed by atoms with Gasteiger partial charge in [-0.1, -0.05) is 42.8 Å². The fourth-order valence-corrected chi connectivity index (χ4v) is 2.95. The Morgan fingerprint density at radius 1 is 1.21 bits per heavy atom. The molecular formula is C19H17ClN2O2. The van der Waals surface area contributed by atoms with E-state index in [0.717, 1.165) is 23.1 Å². The topological polar surface area (TPSA) is 62.0 Å². The molecule has 0 saturated carbocycles. The van der Waals surface area contributed by atoms with Crippen LogP contribution in [0.15, 0.2) is 42.6 Å². The number of rotatable bonds is 4. The predicted octanol–water partition coefficient (Wildman–Crippen LogP) is 4.51. The number of nitrogens with one attached hydrogen (secondary N) is 2. The standard InChI is InChI=1S/C19H17ClN2O2/c1-3-12-6-4-5-11(2)17(12)22-19(24)18(23)15-10-21-16-9-13(20)7-8-14(15)16/h4-10,21H,3H2,1-2H3,(H,22,24). The van der Waals surface area contributed by atoms with Gasteiger partial charge in [-0.3, -0.25) is 9.59 Å². The van der Waals surface area contributed by atoms with Crippen LogP contribution in [0.2, 0.25) is 5.02 Å². The Labute approximate surface area is 144 Å². The molecule has 0 saturated heterocycles. The van der Waals surface area contributed by atoms with Gasteiger partial charge >= 0.3 is 0 Å². The Bertz CT molecular complexity index is 944. The third kappa shape index (κ3) is 2.93. The molecule has 0 atom stereocenters. The molecule has 1 heterocycles. The molecule has 24 heavy (non-hydrogen) atoms. The summed E-state index contributed by atoms with van der Waals surface area (Å²) in [4.78, 5) is 28.0. The summed E-state index contributed by atoms with van der Waals surface area (Å²) in [5.41, 5.74) is 3.71. The van der Waals surface area contributed by atoms with E-state index >= 15 is 0 Å². The fraction of sp³-hybridized carbons (Fsp3) is 0.158. The van der Waals surface area contributed by atoms with Crippen molar-refractivity contribution in [3.8, 4) is 0 Å². The number of aromatic amines is 1. The summed E-state index contributed by atoms with van der Waals surface area (Å²) in [6.07, 6.45) is 2.32. The number of benzene rings is 2. The second-order valence-corrected chi connectivity index (χ2v) is 6.07. The number of carbonyl (C=O) groups excluding carboxylic acids is 2. The molecule has 5 heteroatoms. The highest BCUT2D eigenvalue weighted by atomic mass is 35.5. The number of amides is 1. The SMILES string of the molecule is CCc1cccc(C)c1NC(=O)C(=O)c1c[nH]c2cc(Cl)ccc12. The van der Waals surface area contributed by atoms with Crippen LogP contribution in [0.5, 0.6) is 0 Å². The molecule has 3 aromatic rings.